The van der Waals surface area contributed by atoms with Crippen LogP contribution in [0.25, 0.3) is 11.5 Å². The normalized spacial score (nSPS) is 19.6. The Hall–Kier alpha value is -1.75. The molecule has 1 fully saturated rings. The van der Waals surface area contributed by atoms with Crippen molar-refractivity contribution < 1.29 is 4.52 Å². The second kappa shape index (κ2) is 5.09. The molecular formula is C14H18N4O. The minimum atomic E-state index is 0.334. The van der Waals surface area contributed by atoms with Crippen LogP contribution in [0.3, 0.4) is 0 Å². The van der Waals surface area contributed by atoms with Crippen LogP contribution < -0.4 is 5.32 Å². The highest BCUT2D eigenvalue weighted by atomic mass is 16.5. The minimum absolute atomic E-state index is 0.334. The highest BCUT2D eigenvalue weighted by molar-refractivity contribution is 5.54. The van der Waals surface area contributed by atoms with Gasteiger partial charge in [0, 0.05) is 12.7 Å². The number of aryl methyl sites for hydroxylation is 2. The molecule has 1 N–H and O–H groups in total. The molecule has 3 heterocycles. The quantitative estimate of drug-likeness (QED) is 0.894. The van der Waals surface area contributed by atoms with Crippen molar-refractivity contribution in [1.82, 2.24) is 20.4 Å². The molecule has 0 saturated carbocycles. The van der Waals surface area contributed by atoms with Crippen molar-refractivity contribution in [2.24, 2.45) is 0 Å². The van der Waals surface area contributed by atoms with Crippen LogP contribution >= 0.6 is 0 Å². The summed E-state index contributed by atoms with van der Waals surface area (Å²) in [5.74, 6) is 1.66. The Labute approximate surface area is 112 Å². The van der Waals surface area contributed by atoms with Gasteiger partial charge in [0.15, 0.2) is 0 Å². The van der Waals surface area contributed by atoms with E-state index < -0.39 is 0 Å². The number of nitrogens with zero attached hydrogens (tertiary/aromatic N) is 3. The molecule has 1 aliphatic heterocycles. The summed E-state index contributed by atoms with van der Waals surface area (Å²) in [6.45, 7) is 6.05. The summed E-state index contributed by atoms with van der Waals surface area (Å²) in [5, 5.41) is 7.43. The lowest BCUT2D eigenvalue weighted by molar-refractivity contribution is 0.322. The Morgan fingerprint density at radius 3 is 3.00 bits per heavy atom. The third-order valence-corrected chi connectivity index (χ3v) is 3.51. The van der Waals surface area contributed by atoms with Crippen LogP contribution in [-0.2, 0) is 0 Å². The van der Waals surface area contributed by atoms with Gasteiger partial charge >= 0.3 is 0 Å². The second-order valence-corrected chi connectivity index (χ2v) is 5.18. The fourth-order valence-electron chi connectivity index (χ4n) is 2.51. The predicted molar refractivity (Wildman–Crippen MR) is 71.8 cm³/mol. The summed E-state index contributed by atoms with van der Waals surface area (Å²) in [4.78, 5) is 8.92. The summed E-state index contributed by atoms with van der Waals surface area (Å²) in [7, 11) is 0. The highest BCUT2D eigenvalue weighted by Crippen LogP contribution is 2.25. The number of nitrogens with one attached hydrogen (secondary N) is 1. The van der Waals surface area contributed by atoms with Gasteiger partial charge < -0.3 is 9.84 Å². The summed E-state index contributed by atoms with van der Waals surface area (Å²) >= 11 is 0. The maximum Gasteiger partial charge on any atom is 0.231 e. The molecule has 1 aliphatic rings. The monoisotopic (exact) mass is 258 g/mol. The van der Waals surface area contributed by atoms with Crippen molar-refractivity contribution >= 4 is 0 Å². The van der Waals surface area contributed by atoms with Crippen molar-refractivity contribution in [3.63, 3.8) is 0 Å². The summed E-state index contributed by atoms with van der Waals surface area (Å²) in [6.07, 6.45) is 4.10. The minimum Gasteiger partial charge on any atom is -0.339 e. The third kappa shape index (κ3) is 2.51. The van der Waals surface area contributed by atoms with E-state index in [-0.39, 0.29) is 0 Å². The first-order valence-corrected chi connectivity index (χ1v) is 6.72. The van der Waals surface area contributed by atoms with Crippen molar-refractivity contribution in [2.75, 3.05) is 13.1 Å². The van der Waals surface area contributed by atoms with Crippen molar-refractivity contribution in [3.05, 3.63) is 29.3 Å². The van der Waals surface area contributed by atoms with E-state index in [0.717, 1.165) is 48.6 Å². The lowest BCUT2D eigenvalue weighted by Crippen LogP contribution is -2.28. The predicted octanol–water partition coefficient (Wildman–Crippen LogP) is 2.22. The van der Waals surface area contributed by atoms with Gasteiger partial charge in [0.2, 0.25) is 11.7 Å². The molecular weight excluding hydrogens is 240 g/mol. The van der Waals surface area contributed by atoms with Crippen molar-refractivity contribution in [1.29, 1.82) is 0 Å². The van der Waals surface area contributed by atoms with Gasteiger partial charge in [0.1, 0.15) is 5.69 Å². The van der Waals surface area contributed by atoms with Crippen LogP contribution in [0.2, 0.25) is 0 Å². The number of aromatic nitrogens is 3. The molecule has 1 unspecified atom stereocenters. The smallest absolute Gasteiger partial charge is 0.231 e. The standard InChI is InChI=1S/C14H18N4O/c1-9-6-10(2)12(16-7-9)13-17-14(19-18-13)11-4-3-5-15-8-11/h6-7,11,15H,3-5,8H2,1-2H3. The van der Waals surface area contributed by atoms with Gasteiger partial charge in [0.25, 0.3) is 0 Å². The molecule has 100 valence electrons. The average Bonchev–Trinajstić information content (AvgIpc) is 2.89. The highest BCUT2D eigenvalue weighted by Gasteiger charge is 2.22. The van der Waals surface area contributed by atoms with Crippen LogP contribution in [0.15, 0.2) is 16.8 Å². The molecule has 5 heteroatoms. The van der Waals surface area contributed by atoms with Gasteiger partial charge in [-0.1, -0.05) is 11.2 Å². The first kappa shape index (κ1) is 12.3. The van der Waals surface area contributed by atoms with Gasteiger partial charge in [-0.15, -0.1) is 0 Å². The molecule has 19 heavy (non-hydrogen) atoms. The van der Waals surface area contributed by atoms with E-state index in [4.69, 9.17) is 4.52 Å². The number of hydrogen-bond acceptors (Lipinski definition) is 5. The Kier molecular flexibility index (Phi) is 3.29. The zero-order valence-corrected chi connectivity index (χ0v) is 11.3. The number of pyridine rings is 1. The Balaban J connectivity index is 1.87. The van der Waals surface area contributed by atoms with Crippen LogP contribution in [0.4, 0.5) is 0 Å². The van der Waals surface area contributed by atoms with Gasteiger partial charge in [-0.25, -0.2) is 0 Å². The molecule has 2 aromatic heterocycles. The maximum atomic E-state index is 5.40. The Morgan fingerprint density at radius 1 is 1.37 bits per heavy atom. The zero-order valence-electron chi connectivity index (χ0n) is 11.3. The molecule has 0 spiro atoms. The molecule has 0 bridgehead atoms. The Bertz CT molecular complexity index is 573. The van der Waals surface area contributed by atoms with Crippen molar-refractivity contribution in [3.8, 4) is 11.5 Å². The molecule has 0 aromatic carbocycles. The third-order valence-electron chi connectivity index (χ3n) is 3.51. The first-order chi connectivity index (χ1) is 9.24. The largest absolute Gasteiger partial charge is 0.339 e. The molecule has 0 amide bonds. The Morgan fingerprint density at radius 2 is 2.26 bits per heavy atom. The van der Waals surface area contributed by atoms with Gasteiger partial charge in [0.05, 0.1) is 5.92 Å². The lowest BCUT2D eigenvalue weighted by atomic mass is 10.00. The average molecular weight is 258 g/mol. The fourth-order valence-corrected chi connectivity index (χ4v) is 2.51. The van der Waals surface area contributed by atoms with E-state index in [1.165, 1.54) is 0 Å². The number of hydrogen-bond donors (Lipinski definition) is 1. The molecule has 1 saturated heterocycles. The van der Waals surface area contributed by atoms with Crippen LogP contribution in [0.1, 0.15) is 35.8 Å². The molecule has 5 nitrogen and oxygen atoms in total. The summed E-state index contributed by atoms with van der Waals surface area (Å²) in [6, 6.07) is 2.08. The van der Waals surface area contributed by atoms with Gasteiger partial charge in [-0.2, -0.15) is 4.98 Å². The first-order valence-electron chi connectivity index (χ1n) is 6.72. The van der Waals surface area contributed by atoms with Gasteiger partial charge in [-0.05, 0) is 44.4 Å². The SMILES string of the molecule is Cc1cnc(-c2noc(C3CCCNC3)n2)c(C)c1. The van der Waals surface area contributed by atoms with Gasteiger partial charge in [-0.3, -0.25) is 4.98 Å². The zero-order chi connectivity index (χ0) is 13.2. The van der Waals surface area contributed by atoms with Crippen LogP contribution in [-0.4, -0.2) is 28.2 Å². The van der Waals surface area contributed by atoms with E-state index in [2.05, 4.69) is 26.5 Å². The molecule has 0 aliphatic carbocycles. The van der Waals surface area contributed by atoms with E-state index in [1.54, 1.807) is 0 Å². The molecule has 2 aromatic rings. The maximum absolute atomic E-state index is 5.40. The molecule has 0 radical (unpaired) electrons. The number of rotatable bonds is 2. The fraction of sp³-hybridized carbons (Fsp3) is 0.500. The molecule has 1 atom stereocenters. The lowest BCUT2D eigenvalue weighted by Gasteiger charge is -2.18. The topological polar surface area (TPSA) is 63.8 Å². The second-order valence-electron chi connectivity index (χ2n) is 5.18. The van der Waals surface area contributed by atoms with Crippen LogP contribution in [0, 0.1) is 13.8 Å². The van der Waals surface area contributed by atoms with Crippen LogP contribution in [0.5, 0.6) is 0 Å². The van der Waals surface area contributed by atoms with E-state index in [9.17, 15) is 0 Å². The van der Waals surface area contributed by atoms with E-state index in [0.29, 0.717) is 11.7 Å². The number of piperidine rings is 1. The summed E-state index contributed by atoms with van der Waals surface area (Å²) < 4.78 is 5.40. The summed E-state index contributed by atoms with van der Waals surface area (Å²) in [5.41, 5.74) is 3.03. The van der Waals surface area contributed by atoms with E-state index >= 15 is 0 Å². The van der Waals surface area contributed by atoms with Crippen molar-refractivity contribution in [2.45, 2.75) is 32.6 Å². The molecule has 3 rings (SSSR count). The van der Waals surface area contributed by atoms with E-state index in [1.807, 2.05) is 20.0 Å².